The molecule has 0 atom stereocenters. The standard InChI is InChI=1S/C19H17N3O2/c1-3-23-19-10-14(11-20)8-9-18(19)24-12-17-13(2)21-15-6-4-5-7-16(15)22-17/h4-10H,3,12H2,1-2H3. The van der Waals surface area contributed by atoms with Gasteiger partial charge in [-0.1, -0.05) is 12.1 Å². The zero-order chi connectivity index (χ0) is 16.9. The molecular formula is C19H17N3O2. The average Bonchev–Trinajstić information content (AvgIpc) is 2.61. The van der Waals surface area contributed by atoms with Crippen LogP contribution in [0.2, 0.25) is 0 Å². The first kappa shape index (κ1) is 15.8. The van der Waals surface area contributed by atoms with Crippen LogP contribution in [0.3, 0.4) is 0 Å². The summed E-state index contributed by atoms with van der Waals surface area (Å²) in [5.74, 6) is 1.15. The third-order valence-corrected chi connectivity index (χ3v) is 3.58. The van der Waals surface area contributed by atoms with Crippen molar-refractivity contribution < 1.29 is 9.47 Å². The largest absolute Gasteiger partial charge is 0.490 e. The molecule has 0 saturated heterocycles. The summed E-state index contributed by atoms with van der Waals surface area (Å²) >= 11 is 0. The quantitative estimate of drug-likeness (QED) is 0.715. The van der Waals surface area contributed by atoms with Gasteiger partial charge in [-0.05, 0) is 38.1 Å². The van der Waals surface area contributed by atoms with Gasteiger partial charge in [0.25, 0.3) is 0 Å². The summed E-state index contributed by atoms with van der Waals surface area (Å²) in [7, 11) is 0. The summed E-state index contributed by atoms with van der Waals surface area (Å²) in [4.78, 5) is 9.18. The van der Waals surface area contributed by atoms with Crippen LogP contribution in [-0.2, 0) is 6.61 Å². The van der Waals surface area contributed by atoms with Crippen molar-refractivity contribution in [2.75, 3.05) is 6.61 Å². The Balaban J connectivity index is 1.85. The number of aromatic nitrogens is 2. The van der Waals surface area contributed by atoms with E-state index < -0.39 is 0 Å². The molecule has 3 rings (SSSR count). The molecule has 0 unspecified atom stereocenters. The van der Waals surface area contributed by atoms with E-state index in [1.54, 1.807) is 18.2 Å². The molecule has 0 spiro atoms. The molecule has 0 aliphatic heterocycles. The van der Waals surface area contributed by atoms with Gasteiger partial charge >= 0.3 is 0 Å². The van der Waals surface area contributed by atoms with Gasteiger partial charge in [-0.3, -0.25) is 0 Å². The Morgan fingerprint density at radius 2 is 1.75 bits per heavy atom. The van der Waals surface area contributed by atoms with Crippen molar-refractivity contribution in [3.8, 4) is 17.6 Å². The highest BCUT2D eigenvalue weighted by atomic mass is 16.5. The van der Waals surface area contributed by atoms with Crippen LogP contribution < -0.4 is 9.47 Å². The van der Waals surface area contributed by atoms with Crippen LogP contribution in [-0.4, -0.2) is 16.6 Å². The second kappa shape index (κ2) is 6.97. The van der Waals surface area contributed by atoms with Crippen molar-refractivity contribution >= 4 is 11.0 Å². The number of nitriles is 1. The molecular weight excluding hydrogens is 302 g/mol. The van der Waals surface area contributed by atoms with E-state index in [9.17, 15) is 0 Å². The summed E-state index contributed by atoms with van der Waals surface area (Å²) in [5, 5.41) is 9.00. The first-order valence-electron chi connectivity index (χ1n) is 7.73. The van der Waals surface area contributed by atoms with Crippen molar-refractivity contribution in [3.63, 3.8) is 0 Å². The van der Waals surface area contributed by atoms with Gasteiger partial charge in [0.05, 0.1) is 40.7 Å². The molecule has 0 saturated carbocycles. The summed E-state index contributed by atoms with van der Waals surface area (Å²) in [6.07, 6.45) is 0. The van der Waals surface area contributed by atoms with E-state index in [4.69, 9.17) is 14.7 Å². The van der Waals surface area contributed by atoms with Gasteiger partial charge in [-0.25, -0.2) is 9.97 Å². The van der Waals surface area contributed by atoms with E-state index in [0.29, 0.717) is 23.7 Å². The molecule has 1 aromatic heterocycles. The van der Waals surface area contributed by atoms with Crippen LogP contribution in [0.5, 0.6) is 11.5 Å². The monoisotopic (exact) mass is 319 g/mol. The highest BCUT2D eigenvalue weighted by Crippen LogP contribution is 2.29. The predicted molar refractivity (Wildman–Crippen MR) is 90.9 cm³/mol. The van der Waals surface area contributed by atoms with Crippen molar-refractivity contribution in [2.45, 2.75) is 20.5 Å². The van der Waals surface area contributed by atoms with Crippen LogP contribution >= 0.6 is 0 Å². The summed E-state index contributed by atoms with van der Waals surface area (Å²) in [6, 6.07) is 15.0. The van der Waals surface area contributed by atoms with Crippen LogP contribution in [0.1, 0.15) is 23.9 Å². The zero-order valence-corrected chi connectivity index (χ0v) is 13.6. The molecule has 120 valence electrons. The summed E-state index contributed by atoms with van der Waals surface area (Å²) in [5.41, 5.74) is 3.85. The number of ether oxygens (including phenoxy) is 2. The van der Waals surface area contributed by atoms with E-state index >= 15 is 0 Å². The fraction of sp³-hybridized carbons (Fsp3) is 0.211. The first-order chi connectivity index (χ1) is 11.7. The average molecular weight is 319 g/mol. The lowest BCUT2D eigenvalue weighted by atomic mass is 10.2. The number of hydrogen-bond donors (Lipinski definition) is 0. The Morgan fingerprint density at radius 1 is 1.00 bits per heavy atom. The van der Waals surface area contributed by atoms with Gasteiger partial charge in [0.2, 0.25) is 0 Å². The number of benzene rings is 2. The summed E-state index contributed by atoms with van der Waals surface area (Å²) < 4.78 is 11.4. The predicted octanol–water partition coefficient (Wildman–Crippen LogP) is 3.79. The number of hydrogen-bond acceptors (Lipinski definition) is 5. The normalized spacial score (nSPS) is 10.4. The fourth-order valence-electron chi connectivity index (χ4n) is 2.37. The van der Waals surface area contributed by atoms with Crippen molar-refractivity contribution in [1.29, 1.82) is 5.26 Å². The van der Waals surface area contributed by atoms with E-state index in [0.717, 1.165) is 22.4 Å². The third kappa shape index (κ3) is 3.28. The molecule has 0 N–H and O–H groups in total. The molecule has 5 heteroatoms. The zero-order valence-electron chi connectivity index (χ0n) is 13.6. The van der Waals surface area contributed by atoms with Crippen LogP contribution in [0.4, 0.5) is 0 Å². The number of para-hydroxylation sites is 2. The molecule has 3 aromatic rings. The lowest BCUT2D eigenvalue weighted by Crippen LogP contribution is -2.05. The Kier molecular flexibility index (Phi) is 4.57. The van der Waals surface area contributed by atoms with Gasteiger partial charge in [-0.2, -0.15) is 5.26 Å². The van der Waals surface area contributed by atoms with Gasteiger partial charge < -0.3 is 9.47 Å². The highest BCUT2D eigenvalue weighted by molar-refractivity contribution is 5.74. The van der Waals surface area contributed by atoms with Crippen LogP contribution in [0, 0.1) is 18.3 Å². The topological polar surface area (TPSA) is 68.0 Å². The summed E-state index contributed by atoms with van der Waals surface area (Å²) in [6.45, 7) is 4.60. The van der Waals surface area contributed by atoms with E-state index in [1.165, 1.54) is 0 Å². The number of fused-ring (bicyclic) bond motifs is 1. The highest BCUT2D eigenvalue weighted by Gasteiger charge is 2.10. The lowest BCUT2D eigenvalue weighted by Gasteiger charge is -2.13. The minimum Gasteiger partial charge on any atom is -0.490 e. The van der Waals surface area contributed by atoms with E-state index in [-0.39, 0.29) is 6.61 Å². The van der Waals surface area contributed by atoms with Crippen molar-refractivity contribution in [1.82, 2.24) is 9.97 Å². The number of nitrogens with zero attached hydrogens (tertiary/aromatic N) is 3. The minimum atomic E-state index is 0.287. The SMILES string of the molecule is CCOc1cc(C#N)ccc1OCc1nc2ccccc2nc1C. The van der Waals surface area contributed by atoms with Gasteiger partial charge in [-0.15, -0.1) is 0 Å². The first-order valence-corrected chi connectivity index (χ1v) is 7.73. The maximum atomic E-state index is 9.00. The molecule has 0 amide bonds. The van der Waals surface area contributed by atoms with Crippen molar-refractivity contribution in [3.05, 3.63) is 59.4 Å². The smallest absolute Gasteiger partial charge is 0.162 e. The second-order valence-corrected chi connectivity index (χ2v) is 5.24. The van der Waals surface area contributed by atoms with Gasteiger partial charge in [0.15, 0.2) is 11.5 Å². The Morgan fingerprint density at radius 3 is 2.46 bits per heavy atom. The molecule has 24 heavy (non-hydrogen) atoms. The van der Waals surface area contributed by atoms with Crippen molar-refractivity contribution in [2.24, 2.45) is 0 Å². The maximum Gasteiger partial charge on any atom is 0.162 e. The van der Waals surface area contributed by atoms with Crippen LogP contribution in [0.15, 0.2) is 42.5 Å². The van der Waals surface area contributed by atoms with E-state index in [1.807, 2.05) is 38.1 Å². The Labute approximate surface area is 140 Å². The van der Waals surface area contributed by atoms with Crippen LogP contribution in [0.25, 0.3) is 11.0 Å². The molecule has 0 radical (unpaired) electrons. The molecule has 0 bridgehead atoms. The lowest BCUT2D eigenvalue weighted by molar-refractivity contribution is 0.266. The molecule has 5 nitrogen and oxygen atoms in total. The molecule has 2 aromatic carbocycles. The minimum absolute atomic E-state index is 0.287. The molecule has 1 heterocycles. The van der Waals surface area contributed by atoms with Gasteiger partial charge in [0.1, 0.15) is 6.61 Å². The Hall–Kier alpha value is -3.13. The molecule has 0 aliphatic carbocycles. The fourth-order valence-corrected chi connectivity index (χ4v) is 2.37. The number of rotatable bonds is 5. The second-order valence-electron chi connectivity index (χ2n) is 5.24. The maximum absolute atomic E-state index is 9.00. The molecule has 0 fully saturated rings. The Bertz CT molecular complexity index is 916. The molecule has 0 aliphatic rings. The third-order valence-electron chi connectivity index (χ3n) is 3.58. The van der Waals surface area contributed by atoms with E-state index in [2.05, 4.69) is 16.0 Å². The number of aryl methyl sites for hydroxylation is 1. The van der Waals surface area contributed by atoms with Gasteiger partial charge in [0, 0.05) is 6.07 Å².